The maximum atomic E-state index is 12.0. The van der Waals surface area contributed by atoms with Crippen LogP contribution in [0, 0.1) is 0 Å². The molecule has 0 radical (unpaired) electrons. The molecule has 0 aliphatic rings. The zero-order valence-corrected chi connectivity index (χ0v) is 14.2. The highest BCUT2D eigenvalue weighted by Crippen LogP contribution is 2.20. The van der Waals surface area contributed by atoms with E-state index in [1.54, 1.807) is 11.3 Å². The third kappa shape index (κ3) is 4.20. The van der Waals surface area contributed by atoms with Crippen molar-refractivity contribution in [1.29, 1.82) is 0 Å². The van der Waals surface area contributed by atoms with Crippen molar-refractivity contribution in [3.8, 4) is 11.4 Å². The number of thioether (sulfide) groups is 1. The molecule has 0 fully saturated rings. The number of amides is 1. The first kappa shape index (κ1) is 15.8. The van der Waals surface area contributed by atoms with Crippen LogP contribution in [0.5, 0.6) is 0 Å². The summed E-state index contributed by atoms with van der Waals surface area (Å²) < 4.78 is 0. The molecule has 2 aromatic heterocycles. The van der Waals surface area contributed by atoms with Gasteiger partial charge in [-0.05, 0) is 18.4 Å². The van der Waals surface area contributed by atoms with Gasteiger partial charge < -0.3 is 5.32 Å². The molecule has 0 spiro atoms. The second-order valence-electron chi connectivity index (χ2n) is 4.93. The minimum Gasteiger partial charge on any atom is -0.348 e. The largest absolute Gasteiger partial charge is 0.348 e. The number of hydrogen-bond donors (Lipinski definition) is 2. The number of aromatic nitrogens is 3. The molecule has 0 bridgehead atoms. The number of carbonyl (C=O) groups excluding carboxylic acids is 1. The van der Waals surface area contributed by atoms with Crippen LogP contribution in [0.4, 0.5) is 0 Å². The SMILES string of the molecule is C[C@H](NC(=O)CSc1n[nH]c(-c2ccccc2)n1)c1cccs1. The maximum Gasteiger partial charge on any atom is 0.230 e. The summed E-state index contributed by atoms with van der Waals surface area (Å²) in [7, 11) is 0. The van der Waals surface area contributed by atoms with E-state index in [-0.39, 0.29) is 11.9 Å². The Labute approximate surface area is 142 Å². The van der Waals surface area contributed by atoms with Gasteiger partial charge in [0.1, 0.15) is 0 Å². The molecule has 2 N–H and O–H groups in total. The summed E-state index contributed by atoms with van der Waals surface area (Å²) in [5.41, 5.74) is 0.975. The number of aromatic amines is 1. The summed E-state index contributed by atoms with van der Waals surface area (Å²) in [6, 6.07) is 13.8. The molecule has 0 aliphatic heterocycles. The maximum absolute atomic E-state index is 12.0. The van der Waals surface area contributed by atoms with Crippen molar-refractivity contribution in [3.63, 3.8) is 0 Å². The highest BCUT2D eigenvalue weighted by atomic mass is 32.2. The molecule has 7 heteroatoms. The number of nitrogens with zero attached hydrogens (tertiary/aromatic N) is 2. The average molecular weight is 344 g/mol. The van der Waals surface area contributed by atoms with Gasteiger partial charge in [-0.15, -0.1) is 16.4 Å². The number of nitrogens with one attached hydrogen (secondary N) is 2. The fraction of sp³-hybridized carbons (Fsp3) is 0.188. The van der Waals surface area contributed by atoms with Crippen LogP contribution in [0.25, 0.3) is 11.4 Å². The summed E-state index contributed by atoms with van der Waals surface area (Å²) in [6.07, 6.45) is 0. The number of carbonyl (C=O) groups is 1. The number of H-pyrrole nitrogens is 1. The molecule has 118 valence electrons. The van der Waals surface area contributed by atoms with E-state index in [1.807, 2.05) is 54.8 Å². The lowest BCUT2D eigenvalue weighted by molar-refractivity contribution is -0.119. The molecule has 3 rings (SSSR count). The number of benzene rings is 1. The standard InChI is InChI=1S/C16H16N4OS2/c1-11(13-8-5-9-22-13)17-14(21)10-23-16-18-15(19-20-16)12-6-3-2-4-7-12/h2-9,11H,10H2,1H3,(H,17,21)(H,18,19,20)/t11-/m0/s1. The summed E-state index contributed by atoms with van der Waals surface area (Å²) in [4.78, 5) is 17.6. The molecule has 3 aromatic rings. The molecule has 5 nitrogen and oxygen atoms in total. The van der Waals surface area contributed by atoms with Gasteiger partial charge in [-0.3, -0.25) is 9.89 Å². The van der Waals surface area contributed by atoms with Gasteiger partial charge in [0.05, 0.1) is 11.8 Å². The highest BCUT2D eigenvalue weighted by Gasteiger charge is 2.12. The minimum atomic E-state index is -0.0260. The van der Waals surface area contributed by atoms with Crippen molar-refractivity contribution >= 4 is 29.0 Å². The lowest BCUT2D eigenvalue weighted by atomic mass is 10.2. The van der Waals surface area contributed by atoms with Gasteiger partial charge in [-0.2, -0.15) is 0 Å². The Balaban J connectivity index is 1.52. The number of rotatable bonds is 6. The quantitative estimate of drug-likeness (QED) is 0.672. The van der Waals surface area contributed by atoms with E-state index >= 15 is 0 Å². The van der Waals surface area contributed by atoms with E-state index in [4.69, 9.17) is 0 Å². The molecule has 23 heavy (non-hydrogen) atoms. The molecule has 0 saturated heterocycles. The molecule has 1 amide bonds. The molecular formula is C16H16N4OS2. The van der Waals surface area contributed by atoms with E-state index in [9.17, 15) is 4.79 Å². The lowest BCUT2D eigenvalue weighted by Gasteiger charge is -2.11. The van der Waals surface area contributed by atoms with E-state index in [0.29, 0.717) is 16.7 Å². The zero-order valence-electron chi connectivity index (χ0n) is 12.5. The summed E-state index contributed by atoms with van der Waals surface area (Å²) in [5.74, 6) is 0.976. The van der Waals surface area contributed by atoms with Gasteiger partial charge in [-0.1, -0.05) is 48.2 Å². The average Bonchev–Trinajstić information content (AvgIpc) is 3.25. The summed E-state index contributed by atoms with van der Waals surface area (Å²) in [6.45, 7) is 1.98. The predicted octanol–water partition coefficient (Wildman–Crippen LogP) is 3.50. The molecule has 1 aromatic carbocycles. The molecule has 0 saturated carbocycles. The predicted molar refractivity (Wildman–Crippen MR) is 93.4 cm³/mol. The summed E-state index contributed by atoms with van der Waals surface area (Å²) in [5, 5.41) is 12.6. The third-order valence-corrected chi connectivity index (χ3v) is 5.09. The van der Waals surface area contributed by atoms with Crippen molar-refractivity contribution in [1.82, 2.24) is 20.5 Å². The first-order valence-corrected chi connectivity index (χ1v) is 9.02. The monoisotopic (exact) mass is 344 g/mol. The topological polar surface area (TPSA) is 70.7 Å². The number of thiophene rings is 1. The lowest BCUT2D eigenvalue weighted by Crippen LogP contribution is -2.27. The van der Waals surface area contributed by atoms with Gasteiger partial charge in [0.25, 0.3) is 0 Å². The Morgan fingerprint density at radius 3 is 2.87 bits per heavy atom. The molecule has 0 unspecified atom stereocenters. The van der Waals surface area contributed by atoms with Crippen LogP contribution in [0.2, 0.25) is 0 Å². The first-order valence-electron chi connectivity index (χ1n) is 7.16. The van der Waals surface area contributed by atoms with Gasteiger partial charge in [-0.25, -0.2) is 4.98 Å². The Kier molecular flexibility index (Phi) is 5.09. The molecule has 2 heterocycles. The Morgan fingerprint density at radius 2 is 2.13 bits per heavy atom. The Hall–Kier alpha value is -2.12. The van der Waals surface area contributed by atoms with Crippen molar-refractivity contribution in [2.24, 2.45) is 0 Å². The van der Waals surface area contributed by atoms with Crippen molar-refractivity contribution in [2.75, 3.05) is 5.75 Å². The molecule has 1 atom stereocenters. The van der Waals surface area contributed by atoms with Crippen molar-refractivity contribution < 1.29 is 4.79 Å². The second kappa shape index (κ2) is 7.43. The van der Waals surface area contributed by atoms with Gasteiger partial charge in [0.2, 0.25) is 11.1 Å². The minimum absolute atomic E-state index is 0.0233. The van der Waals surface area contributed by atoms with Gasteiger partial charge in [0, 0.05) is 10.4 Å². The van der Waals surface area contributed by atoms with E-state index in [1.165, 1.54) is 11.8 Å². The van der Waals surface area contributed by atoms with Crippen molar-refractivity contribution in [3.05, 3.63) is 52.7 Å². The van der Waals surface area contributed by atoms with Crippen LogP contribution < -0.4 is 5.32 Å². The van der Waals surface area contributed by atoms with Crippen LogP contribution in [-0.2, 0) is 4.79 Å². The Morgan fingerprint density at radius 1 is 1.30 bits per heavy atom. The van der Waals surface area contributed by atoms with E-state index < -0.39 is 0 Å². The Bertz CT molecular complexity index is 756. The van der Waals surface area contributed by atoms with Crippen LogP contribution >= 0.6 is 23.1 Å². The molecule has 0 aliphatic carbocycles. The fourth-order valence-electron chi connectivity index (χ4n) is 2.06. The van der Waals surface area contributed by atoms with Crippen LogP contribution in [0.15, 0.2) is 53.0 Å². The fourth-order valence-corrected chi connectivity index (χ4v) is 3.40. The normalized spacial score (nSPS) is 12.0. The number of hydrogen-bond acceptors (Lipinski definition) is 5. The zero-order chi connectivity index (χ0) is 16.1. The van der Waals surface area contributed by atoms with Gasteiger partial charge in [0.15, 0.2) is 5.82 Å². The molecular weight excluding hydrogens is 328 g/mol. The highest BCUT2D eigenvalue weighted by molar-refractivity contribution is 7.99. The van der Waals surface area contributed by atoms with Crippen molar-refractivity contribution in [2.45, 2.75) is 18.1 Å². The van der Waals surface area contributed by atoms with Crippen LogP contribution in [0.1, 0.15) is 17.8 Å². The van der Waals surface area contributed by atoms with Gasteiger partial charge >= 0.3 is 0 Å². The second-order valence-corrected chi connectivity index (χ2v) is 6.85. The summed E-state index contributed by atoms with van der Waals surface area (Å²) >= 11 is 2.96. The van der Waals surface area contributed by atoms with E-state index in [0.717, 1.165) is 10.4 Å². The van der Waals surface area contributed by atoms with Crippen LogP contribution in [-0.4, -0.2) is 26.8 Å². The van der Waals surface area contributed by atoms with E-state index in [2.05, 4.69) is 20.5 Å². The first-order chi connectivity index (χ1) is 11.2. The third-order valence-electron chi connectivity index (χ3n) is 3.19. The smallest absolute Gasteiger partial charge is 0.230 e. The van der Waals surface area contributed by atoms with Crippen LogP contribution in [0.3, 0.4) is 0 Å².